The van der Waals surface area contributed by atoms with E-state index in [1.165, 1.54) is 30.7 Å². The molecule has 0 radical (unpaired) electrons. The van der Waals surface area contributed by atoms with E-state index in [0.717, 1.165) is 0 Å². The monoisotopic (exact) mass is 255 g/mol. The highest BCUT2D eigenvalue weighted by Crippen LogP contribution is 2.09. The van der Waals surface area contributed by atoms with Crippen LogP contribution in [0.25, 0.3) is 0 Å². The van der Waals surface area contributed by atoms with Gasteiger partial charge in [0.15, 0.2) is 11.5 Å². The quantitative estimate of drug-likeness (QED) is 0.839. The summed E-state index contributed by atoms with van der Waals surface area (Å²) in [5.41, 5.74) is 0.873. The van der Waals surface area contributed by atoms with Gasteiger partial charge < -0.3 is 10.4 Å². The molecule has 2 aromatic rings. The molecule has 0 aliphatic heterocycles. The fourth-order valence-electron chi connectivity index (χ4n) is 1.43. The maximum Gasteiger partial charge on any atom is 0.335 e. The topological polar surface area (TPSA) is 112 Å². The third-order valence-corrected chi connectivity index (χ3v) is 2.30. The van der Waals surface area contributed by atoms with Gasteiger partial charge >= 0.3 is 5.97 Å². The van der Waals surface area contributed by atoms with Gasteiger partial charge in [0.25, 0.3) is 0 Å². The minimum absolute atomic E-state index is 0.159. The number of aromatic nitrogens is 3. The zero-order valence-electron chi connectivity index (χ0n) is 9.74. The summed E-state index contributed by atoms with van der Waals surface area (Å²) >= 11 is 0. The predicted molar refractivity (Wildman–Crippen MR) is 65.3 cm³/mol. The number of hydrogen-bond donors (Lipinski definition) is 2. The Hall–Kier alpha value is -3.01. The van der Waals surface area contributed by atoms with Crippen LogP contribution in [-0.2, 0) is 6.54 Å². The second-order valence-electron chi connectivity index (χ2n) is 3.56. The highest BCUT2D eigenvalue weighted by molar-refractivity contribution is 5.87. The fourth-order valence-corrected chi connectivity index (χ4v) is 1.43. The fraction of sp³-hybridized carbons (Fsp3) is 0.0833. The van der Waals surface area contributed by atoms with Crippen molar-refractivity contribution in [3.05, 3.63) is 47.7 Å². The summed E-state index contributed by atoms with van der Waals surface area (Å²) in [6, 6.07) is 4.78. The van der Waals surface area contributed by atoms with Crippen LogP contribution in [0.15, 0.2) is 30.7 Å². The lowest BCUT2D eigenvalue weighted by molar-refractivity contribution is 0.0696. The Morgan fingerprint density at radius 3 is 2.84 bits per heavy atom. The van der Waals surface area contributed by atoms with Crippen LogP contribution in [-0.4, -0.2) is 26.0 Å². The Balaban J connectivity index is 2.13. The van der Waals surface area contributed by atoms with Gasteiger partial charge in [0.1, 0.15) is 6.07 Å². The van der Waals surface area contributed by atoms with Gasteiger partial charge in [0.2, 0.25) is 0 Å². The van der Waals surface area contributed by atoms with E-state index in [9.17, 15) is 4.79 Å². The summed E-state index contributed by atoms with van der Waals surface area (Å²) in [6.07, 6.45) is 4.31. The number of anilines is 1. The van der Waals surface area contributed by atoms with Gasteiger partial charge in [-0.15, -0.1) is 0 Å². The Bertz CT molecular complexity index is 651. The van der Waals surface area contributed by atoms with Crippen LogP contribution in [0.3, 0.4) is 0 Å². The Morgan fingerprint density at radius 1 is 1.32 bits per heavy atom. The molecule has 7 heteroatoms. The number of rotatable bonds is 4. The largest absolute Gasteiger partial charge is 0.478 e. The van der Waals surface area contributed by atoms with Gasteiger partial charge in [-0.1, -0.05) is 0 Å². The molecule has 2 N–H and O–H groups in total. The number of carboxylic acid groups (broad SMARTS) is 1. The summed E-state index contributed by atoms with van der Waals surface area (Å²) in [4.78, 5) is 22.7. The molecule has 0 spiro atoms. The van der Waals surface area contributed by atoms with Gasteiger partial charge in [-0.05, 0) is 12.1 Å². The first kappa shape index (κ1) is 12.4. The van der Waals surface area contributed by atoms with Gasteiger partial charge in [-0.3, -0.25) is 4.98 Å². The molecule has 0 saturated carbocycles. The first-order valence-corrected chi connectivity index (χ1v) is 5.34. The number of nitriles is 1. The van der Waals surface area contributed by atoms with Crippen molar-refractivity contribution in [3.8, 4) is 6.07 Å². The van der Waals surface area contributed by atoms with Crippen LogP contribution in [0.2, 0.25) is 0 Å². The van der Waals surface area contributed by atoms with Crippen molar-refractivity contribution < 1.29 is 9.90 Å². The van der Waals surface area contributed by atoms with Crippen LogP contribution in [0.4, 0.5) is 5.82 Å². The number of hydrogen-bond acceptors (Lipinski definition) is 6. The van der Waals surface area contributed by atoms with E-state index in [1.807, 2.05) is 6.07 Å². The standard InChI is InChI=1S/C12H9N5O2/c13-6-10-11(16-4-3-15-10)17-7-9-5-8(12(18)19)1-2-14-9/h1-5H,7H2,(H,16,17)(H,18,19). The normalized spacial score (nSPS) is 9.63. The smallest absolute Gasteiger partial charge is 0.335 e. The number of aromatic carboxylic acids is 1. The number of nitrogens with one attached hydrogen (secondary N) is 1. The minimum Gasteiger partial charge on any atom is -0.478 e. The minimum atomic E-state index is -1.01. The van der Waals surface area contributed by atoms with Crippen molar-refractivity contribution in [1.82, 2.24) is 15.0 Å². The summed E-state index contributed by atoms with van der Waals surface area (Å²) in [5.74, 6) is -0.673. The van der Waals surface area contributed by atoms with Crippen molar-refractivity contribution in [2.75, 3.05) is 5.32 Å². The highest BCUT2D eigenvalue weighted by Gasteiger charge is 2.06. The molecule has 0 bridgehead atoms. The third-order valence-electron chi connectivity index (χ3n) is 2.30. The van der Waals surface area contributed by atoms with Crippen molar-refractivity contribution in [2.45, 2.75) is 6.54 Å². The Labute approximate surface area is 108 Å². The number of pyridine rings is 1. The molecular formula is C12H9N5O2. The molecule has 0 unspecified atom stereocenters. The predicted octanol–water partition coefficient (Wildman–Crippen LogP) is 1.05. The molecule has 0 fully saturated rings. The van der Waals surface area contributed by atoms with Gasteiger partial charge in [-0.25, -0.2) is 14.8 Å². The number of nitrogens with zero attached hydrogens (tertiary/aromatic N) is 4. The van der Waals surface area contributed by atoms with Crippen molar-refractivity contribution >= 4 is 11.8 Å². The first-order valence-electron chi connectivity index (χ1n) is 5.34. The summed E-state index contributed by atoms with van der Waals surface area (Å²) in [6.45, 7) is 0.258. The average Bonchev–Trinajstić information content (AvgIpc) is 2.45. The van der Waals surface area contributed by atoms with Gasteiger partial charge in [0.05, 0.1) is 17.8 Å². The lowest BCUT2D eigenvalue weighted by Crippen LogP contribution is -2.07. The van der Waals surface area contributed by atoms with Crippen LogP contribution in [0.5, 0.6) is 0 Å². The van der Waals surface area contributed by atoms with E-state index in [0.29, 0.717) is 11.5 Å². The van der Waals surface area contributed by atoms with Crippen molar-refractivity contribution in [3.63, 3.8) is 0 Å². The molecular weight excluding hydrogens is 246 g/mol. The van der Waals surface area contributed by atoms with Crippen LogP contribution >= 0.6 is 0 Å². The van der Waals surface area contributed by atoms with Crippen molar-refractivity contribution in [2.24, 2.45) is 0 Å². The Kier molecular flexibility index (Phi) is 3.64. The van der Waals surface area contributed by atoms with E-state index >= 15 is 0 Å². The second kappa shape index (κ2) is 5.55. The molecule has 0 atom stereocenters. The molecule has 7 nitrogen and oxygen atoms in total. The third kappa shape index (κ3) is 3.01. The average molecular weight is 255 g/mol. The lowest BCUT2D eigenvalue weighted by Gasteiger charge is -2.06. The zero-order chi connectivity index (χ0) is 13.7. The SMILES string of the molecule is N#Cc1nccnc1NCc1cc(C(=O)O)ccn1. The summed E-state index contributed by atoms with van der Waals surface area (Å²) in [7, 11) is 0. The molecule has 2 rings (SSSR count). The first-order chi connectivity index (χ1) is 9.20. The maximum atomic E-state index is 10.8. The zero-order valence-corrected chi connectivity index (χ0v) is 9.74. The maximum absolute atomic E-state index is 10.8. The molecule has 2 heterocycles. The molecule has 2 aromatic heterocycles. The van der Waals surface area contributed by atoms with E-state index < -0.39 is 5.97 Å². The number of carbonyl (C=O) groups is 1. The van der Waals surface area contributed by atoms with E-state index in [2.05, 4.69) is 20.3 Å². The molecule has 0 saturated heterocycles. The van der Waals surface area contributed by atoms with E-state index in [4.69, 9.17) is 10.4 Å². The summed E-state index contributed by atoms with van der Waals surface area (Å²) < 4.78 is 0. The lowest BCUT2D eigenvalue weighted by atomic mass is 10.2. The van der Waals surface area contributed by atoms with Gasteiger partial charge in [-0.2, -0.15) is 5.26 Å². The number of carboxylic acids is 1. The Morgan fingerprint density at radius 2 is 2.11 bits per heavy atom. The molecule has 19 heavy (non-hydrogen) atoms. The molecule has 0 aromatic carbocycles. The molecule has 0 aliphatic rings. The van der Waals surface area contributed by atoms with E-state index in [-0.39, 0.29) is 17.8 Å². The van der Waals surface area contributed by atoms with Crippen LogP contribution < -0.4 is 5.32 Å². The van der Waals surface area contributed by atoms with Crippen LogP contribution in [0, 0.1) is 11.3 Å². The molecule has 94 valence electrons. The van der Waals surface area contributed by atoms with Crippen LogP contribution in [0.1, 0.15) is 21.7 Å². The van der Waals surface area contributed by atoms with Crippen molar-refractivity contribution in [1.29, 1.82) is 5.26 Å². The molecule has 0 amide bonds. The second-order valence-corrected chi connectivity index (χ2v) is 3.56. The highest BCUT2D eigenvalue weighted by atomic mass is 16.4. The van der Waals surface area contributed by atoms with E-state index in [1.54, 1.807) is 0 Å². The van der Waals surface area contributed by atoms with Gasteiger partial charge in [0, 0.05) is 18.6 Å². The molecule has 0 aliphatic carbocycles. The summed E-state index contributed by atoms with van der Waals surface area (Å²) in [5, 5.41) is 20.6.